The van der Waals surface area contributed by atoms with Crippen LogP contribution in [0.3, 0.4) is 0 Å². The molecule has 90 valence electrons. The summed E-state index contributed by atoms with van der Waals surface area (Å²) in [4.78, 5) is 19.1. The fourth-order valence-electron chi connectivity index (χ4n) is 0.753. The van der Waals surface area contributed by atoms with E-state index in [-0.39, 0.29) is 0 Å². The molecule has 0 aliphatic heterocycles. The van der Waals surface area contributed by atoms with Gasteiger partial charge in [0.15, 0.2) is 0 Å². The van der Waals surface area contributed by atoms with E-state index in [0.29, 0.717) is 17.9 Å². The van der Waals surface area contributed by atoms with Crippen molar-refractivity contribution in [1.82, 2.24) is 0 Å². The van der Waals surface area contributed by atoms with Crippen molar-refractivity contribution in [2.24, 2.45) is 0 Å². The maximum Gasteiger partial charge on any atom is 0.328 e. The Balaban J connectivity index is 0.000000304. The minimum absolute atomic E-state index is 0.292. The SMILES string of the molecule is C=Cc1ccc(O)cc1.O=C(O)/C=C\C(=O)O. The van der Waals surface area contributed by atoms with Gasteiger partial charge in [-0.1, -0.05) is 24.8 Å². The highest BCUT2D eigenvalue weighted by atomic mass is 16.4. The van der Waals surface area contributed by atoms with Crippen molar-refractivity contribution < 1.29 is 24.9 Å². The molecular formula is C12H12O5. The van der Waals surface area contributed by atoms with Gasteiger partial charge in [0.1, 0.15) is 5.75 Å². The van der Waals surface area contributed by atoms with Crippen molar-refractivity contribution in [3.05, 3.63) is 48.6 Å². The highest BCUT2D eigenvalue weighted by Gasteiger charge is 1.88. The van der Waals surface area contributed by atoms with E-state index in [9.17, 15) is 9.59 Å². The number of aromatic hydroxyl groups is 1. The molecule has 5 heteroatoms. The molecule has 0 aliphatic carbocycles. The largest absolute Gasteiger partial charge is 0.508 e. The van der Waals surface area contributed by atoms with Gasteiger partial charge in [0, 0.05) is 12.2 Å². The Hall–Kier alpha value is -2.56. The number of carboxylic acids is 2. The zero-order chi connectivity index (χ0) is 13.3. The summed E-state index contributed by atoms with van der Waals surface area (Å²) in [6.45, 7) is 3.58. The fraction of sp³-hybridized carbons (Fsp3) is 0. The molecule has 0 atom stereocenters. The highest BCUT2D eigenvalue weighted by molar-refractivity contribution is 5.89. The van der Waals surface area contributed by atoms with Crippen LogP contribution in [0.25, 0.3) is 6.08 Å². The lowest BCUT2D eigenvalue weighted by atomic mass is 10.2. The Labute approximate surface area is 98.0 Å². The molecule has 0 spiro atoms. The van der Waals surface area contributed by atoms with E-state index in [2.05, 4.69) is 6.58 Å². The molecule has 0 amide bonds. The zero-order valence-electron chi connectivity index (χ0n) is 8.91. The highest BCUT2D eigenvalue weighted by Crippen LogP contribution is 2.09. The van der Waals surface area contributed by atoms with E-state index < -0.39 is 11.9 Å². The molecule has 0 aromatic heterocycles. The van der Waals surface area contributed by atoms with E-state index in [1.807, 2.05) is 12.1 Å². The number of aliphatic carboxylic acids is 2. The van der Waals surface area contributed by atoms with Crippen LogP contribution in [-0.2, 0) is 9.59 Å². The van der Waals surface area contributed by atoms with Crippen LogP contribution in [-0.4, -0.2) is 27.3 Å². The van der Waals surface area contributed by atoms with Crippen LogP contribution >= 0.6 is 0 Å². The zero-order valence-corrected chi connectivity index (χ0v) is 8.91. The third-order valence-corrected chi connectivity index (χ3v) is 1.50. The van der Waals surface area contributed by atoms with Gasteiger partial charge >= 0.3 is 11.9 Å². The van der Waals surface area contributed by atoms with Crippen molar-refractivity contribution in [2.75, 3.05) is 0 Å². The van der Waals surface area contributed by atoms with Gasteiger partial charge in [-0.2, -0.15) is 0 Å². The molecule has 0 bridgehead atoms. The van der Waals surface area contributed by atoms with E-state index in [4.69, 9.17) is 15.3 Å². The van der Waals surface area contributed by atoms with Gasteiger partial charge < -0.3 is 15.3 Å². The Kier molecular flexibility index (Phi) is 6.54. The molecule has 1 aromatic rings. The number of carbonyl (C=O) groups is 2. The number of hydrogen-bond donors (Lipinski definition) is 3. The molecule has 0 heterocycles. The summed E-state index contributed by atoms with van der Waals surface area (Å²) in [5.74, 6) is -2.22. The van der Waals surface area contributed by atoms with Crippen molar-refractivity contribution in [3.63, 3.8) is 0 Å². The Morgan fingerprint density at radius 1 is 1.00 bits per heavy atom. The van der Waals surface area contributed by atoms with Gasteiger partial charge in [0.25, 0.3) is 0 Å². The Bertz CT molecular complexity index is 401. The molecule has 0 fully saturated rings. The first-order valence-corrected chi connectivity index (χ1v) is 4.51. The van der Waals surface area contributed by atoms with Crippen LogP contribution in [0.2, 0.25) is 0 Å². The van der Waals surface area contributed by atoms with Crippen molar-refractivity contribution in [2.45, 2.75) is 0 Å². The third kappa shape index (κ3) is 8.44. The lowest BCUT2D eigenvalue weighted by molar-refractivity contribution is -0.134. The van der Waals surface area contributed by atoms with Gasteiger partial charge in [0.2, 0.25) is 0 Å². The molecule has 0 unspecified atom stereocenters. The second-order valence-corrected chi connectivity index (χ2v) is 2.81. The molecule has 0 saturated heterocycles. The lowest BCUT2D eigenvalue weighted by Crippen LogP contribution is -1.91. The lowest BCUT2D eigenvalue weighted by Gasteiger charge is -1.90. The minimum atomic E-state index is -1.26. The van der Waals surface area contributed by atoms with E-state index in [1.165, 1.54) is 0 Å². The van der Waals surface area contributed by atoms with E-state index in [1.54, 1.807) is 18.2 Å². The van der Waals surface area contributed by atoms with Crippen molar-refractivity contribution in [3.8, 4) is 5.75 Å². The van der Waals surface area contributed by atoms with Gasteiger partial charge in [0.05, 0.1) is 0 Å². The molecule has 17 heavy (non-hydrogen) atoms. The quantitative estimate of drug-likeness (QED) is 0.695. The maximum atomic E-state index is 9.55. The monoisotopic (exact) mass is 236 g/mol. The smallest absolute Gasteiger partial charge is 0.328 e. The van der Waals surface area contributed by atoms with E-state index in [0.717, 1.165) is 5.56 Å². The molecule has 0 saturated carbocycles. The minimum Gasteiger partial charge on any atom is -0.508 e. The van der Waals surface area contributed by atoms with Crippen LogP contribution < -0.4 is 0 Å². The molecule has 3 N–H and O–H groups in total. The van der Waals surface area contributed by atoms with Crippen LogP contribution in [0.5, 0.6) is 5.75 Å². The van der Waals surface area contributed by atoms with E-state index >= 15 is 0 Å². The summed E-state index contributed by atoms with van der Waals surface area (Å²) in [5.41, 5.74) is 1.02. The Morgan fingerprint density at radius 3 is 1.71 bits per heavy atom. The molecule has 5 nitrogen and oxygen atoms in total. The van der Waals surface area contributed by atoms with Gasteiger partial charge in [-0.05, 0) is 17.7 Å². The molecule has 1 rings (SSSR count). The fourth-order valence-corrected chi connectivity index (χ4v) is 0.753. The summed E-state index contributed by atoms with van der Waals surface area (Å²) in [6, 6.07) is 6.89. The number of phenols is 1. The first kappa shape index (κ1) is 14.4. The number of benzene rings is 1. The van der Waals surface area contributed by atoms with Crippen molar-refractivity contribution in [1.29, 1.82) is 0 Å². The number of rotatable bonds is 3. The van der Waals surface area contributed by atoms with Crippen LogP contribution in [0.15, 0.2) is 43.0 Å². The van der Waals surface area contributed by atoms with Crippen LogP contribution in [0, 0.1) is 0 Å². The van der Waals surface area contributed by atoms with Crippen LogP contribution in [0.1, 0.15) is 5.56 Å². The molecule has 0 aliphatic rings. The predicted molar refractivity (Wildman–Crippen MR) is 62.6 cm³/mol. The van der Waals surface area contributed by atoms with Crippen LogP contribution in [0.4, 0.5) is 0 Å². The Morgan fingerprint density at radius 2 is 1.41 bits per heavy atom. The molecular weight excluding hydrogens is 224 g/mol. The first-order valence-electron chi connectivity index (χ1n) is 4.51. The standard InChI is InChI=1S/C8H8O.C4H4O4/c1-2-7-3-5-8(9)6-4-7;5-3(6)1-2-4(7)8/h2-6,9H,1H2;1-2H,(H,5,6)(H,7,8)/b;2-1-. The summed E-state index contributed by atoms with van der Waals surface area (Å²) >= 11 is 0. The average Bonchev–Trinajstić information content (AvgIpc) is 2.28. The summed E-state index contributed by atoms with van der Waals surface area (Å²) in [6.07, 6.45) is 2.85. The topological polar surface area (TPSA) is 94.8 Å². The second kappa shape index (κ2) is 7.70. The number of carboxylic acid groups (broad SMARTS) is 2. The average molecular weight is 236 g/mol. The summed E-state index contributed by atoms with van der Waals surface area (Å²) in [7, 11) is 0. The number of hydrogen-bond acceptors (Lipinski definition) is 3. The molecule has 1 aromatic carbocycles. The first-order chi connectivity index (χ1) is 7.95. The maximum absolute atomic E-state index is 9.55. The van der Waals surface area contributed by atoms with Gasteiger partial charge in [-0.25, -0.2) is 9.59 Å². The summed E-state index contributed by atoms with van der Waals surface area (Å²) in [5, 5.41) is 24.4. The van der Waals surface area contributed by atoms with Gasteiger partial charge in [-0.15, -0.1) is 0 Å². The normalized spacial score (nSPS) is 9.18. The summed E-state index contributed by atoms with van der Waals surface area (Å²) < 4.78 is 0. The number of phenolic OH excluding ortho intramolecular Hbond substituents is 1. The predicted octanol–water partition coefficient (Wildman–Crippen LogP) is 1.75. The van der Waals surface area contributed by atoms with Gasteiger partial charge in [-0.3, -0.25) is 0 Å². The van der Waals surface area contributed by atoms with Crippen molar-refractivity contribution >= 4 is 18.0 Å². The second-order valence-electron chi connectivity index (χ2n) is 2.81. The molecule has 0 radical (unpaired) electrons. The third-order valence-electron chi connectivity index (χ3n) is 1.50.